The van der Waals surface area contributed by atoms with Crippen molar-refractivity contribution in [3.8, 4) is 5.75 Å². The Kier molecular flexibility index (Phi) is 9.11. The summed E-state index contributed by atoms with van der Waals surface area (Å²) in [5, 5.41) is 0. The Morgan fingerprint density at radius 2 is 1.26 bits per heavy atom. The van der Waals surface area contributed by atoms with Crippen LogP contribution in [0, 0.1) is 5.82 Å². The van der Waals surface area contributed by atoms with E-state index in [-0.39, 0.29) is 5.82 Å². The first-order valence-corrected chi connectivity index (χ1v) is 12.2. The number of hydrogen-bond acceptors (Lipinski definition) is 2. The summed E-state index contributed by atoms with van der Waals surface area (Å²) in [7, 11) is 0. The Labute approximate surface area is 211 Å². The van der Waals surface area contributed by atoms with E-state index in [2.05, 4.69) is 12.1 Å². The van der Waals surface area contributed by atoms with Crippen LogP contribution in [-0.4, -0.2) is 19.1 Å². The van der Waals surface area contributed by atoms with Crippen LogP contribution in [0.2, 0.25) is 0 Å². The summed E-state index contributed by atoms with van der Waals surface area (Å²) in [5.74, 6) is 0.998. The van der Waals surface area contributed by atoms with Crippen LogP contribution >= 0.6 is 11.6 Å². The van der Waals surface area contributed by atoms with Gasteiger partial charge >= 0.3 is 0 Å². The van der Waals surface area contributed by atoms with Crippen molar-refractivity contribution in [2.45, 2.75) is 13.0 Å². The third-order valence-corrected chi connectivity index (χ3v) is 5.84. The number of benzene rings is 4. The van der Waals surface area contributed by atoms with Crippen LogP contribution in [-0.2, 0) is 11.3 Å². The molecule has 0 aliphatic rings. The SMILES string of the molecule is Fc1ccc(C(=C(CCCl)c2ccccc2)c2ccc(OCCOCc3ccccc3)cc2)cc1. The van der Waals surface area contributed by atoms with Gasteiger partial charge in [-0.25, -0.2) is 4.39 Å². The van der Waals surface area contributed by atoms with Crippen molar-refractivity contribution in [2.75, 3.05) is 19.1 Å². The molecular formula is C31H28ClFO2. The van der Waals surface area contributed by atoms with Crippen molar-refractivity contribution in [2.24, 2.45) is 0 Å². The molecule has 0 aliphatic carbocycles. The Morgan fingerprint density at radius 1 is 0.657 bits per heavy atom. The molecule has 0 saturated heterocycles. The van der Waals surface area contributed by atoms with E-state index < -0.39 is 0 Å². The number of hydrogen-bond donors (Lipinski definition) is 0. The minimum Gasteiger partial charge on any atom is -0.491 e. The van der Waals surface area contributed by atoms with Gasteiger partial charge in [-0.3, -0.25) is 0 Å². The molecule has 0 heterocycles. The predicted octanol–water partition coefficient (Wildman–Crippen LogP) is 8.01. The van der Waals surface area contributed by atoms with Crippen molar-refractivity contribution in [1.29, 1.82) is 0 Å². The van der Waals surface area contributed by atoms with Crippen LogP contribution in [0.1, 0.15) is 28.7 Å². The summed E-state index contributed by atoms with van der Waals surface area (Å²) in [6.07, 6.45) is 0.690. The number of halogens is 2. The smallest absolute Gasteiger partial charge is 0.123 e. The topological polar surface area (TPSA) is 18.5 Å². The average Bonchev–Trinajstić information content (AvgIpc) is 2.91. The summed E-state index contributed by atoms with van der Waals surface area (Å²) in [5.41, 5.74) is 6.36. The summed E-state index contributed by atoms with van der Waals surface area (Å²) in [6, 6.07) is 34.9. The second-order valence-electron chi connectivity index (χ2n) is 8.08. The van der Waals surface area contributed by atoms with E-state index in [1.807, 2.05) is 84.9 Å². The van der Waals surface area contributed by atoms with Crippen molar-refractivity contribution in [3.05, 3.63) is 137 Å². The number of rotatable bonds is 11. The lowest BCUT2D eigenvalue weighted by Gasteiger charge is -2.17. The van der Waals surface area contributed by atoms with E-state index in [4.69, 9.17) is 21.1 Å². The first-order valence-electron chi connectivity index (χ1n) is 11.7. The molecule has 0 bridgehead atoms. The number of alkyl halides is 1. The molecule has 35 heavy (non-hydrogen) atoms. The Morgan fingerprint density at radius 3 is 1.89 bits per heavy atom. The second kappa shape index (κ2) is 12.9. The van der Waals surface area contributed by atoms with Crippen LogP contribution in [0.25, 0.3) is 11.1 Å². The minimum absolute atomic E-state index is 0.259. The third kappa shape index (κ3) is 7.05. The number of ether oxygens (including phenoxy) is 2. The molecule has 4 aromatic carbocycles. The molecular weight excluding hydrogens is 459 g/mol. The van der Waals surface area contributed by atoms with Crippen LogP contribution in [0.4, 0.5) is 4.39 Å². The molecule has 0 atom stereocenters. The Bertz CT molecular complexity index is 1200. The van der Waals surface area contributed by atoms with E-state index in [9.17, 15) is 4.39 Å². The maximum Gasteiger partial charge on any atom is 0.123 e. The van der Waals surface area contributed by atoms with Crippen molar-refractivity contribution >= 4 is 22.7 Å². The zero-order chi connectivity index (χ0) is 24.3. The van der Waals surface area contributed by atoms with E-state index in [1.54, 1.807) is 0 Å². The van der Waals surface area contributed by atoms with E-state index in [0.29, 0.717) is 32.1 Å². The molecule has 0 N–H and O–H groups in total. The van der Waals surface area contributed by atoms with Gasteiger partial charge in [-0.15, -0.1) is 11.6 Å². The summed E-state index contributed by atoms with van der Waals surface area (Å²) >= 11 is 6.21. The molecule has 4 aromatic rings. The van der Waals surface area contributed by atoms with Gasteiger partial charge in [-0.05, 0) is 64.1 Å². The largest absolute Gasteiger partial charge is 0.491 e. The fraction of sp³-hybridized carbons (Fsp3) is 0.161. The highest BCUT2D eigenvalue weighted by atomic mass is 35.5. The monoisotopic (exact) mass is 486 g/mol. The van der Waals surface area contributed by atoms with Gasteiger partial charge in [0.05, 0.1) is 13.2 Å². The summed E-state index contributed by atoms with van der Waals surface area (Å²) < 4.78 is 25.3. The minimum atomic E-state index is -0.259. The molecule has 0 spiro atoms. The van der Waals surface area contributed by atoms with Crippen LogP contribution in [0.3, 0.4) is 0 Å². The fourth-order valence-electron chi connectivity index (χ4n) is 3.98. The lowest BCUT2D eigenvalue weighted by atomic mass is 9.88. The predicted molar refractivity (Wildman–Crippen MR) is 142 cm³/mol. The van der Waals surface area contributed by atoms with Crippen molar-refractivity contribution in [3.63, 3.8) is 0 Å². The van der Waals surface area contributed by atoms with Gasteiger partial charge in [-0.1, -0.05) is 84.9 Å². The van der Waals surface area contributed by atoms with Gasteiger partial charge in [0.25, 0.3) is 0 Å². The maximum absolute atomic E-state index is 13.7. The van der Waals surface area contributed by atoms with Gasteiger partial charge in [-0.2, -0.15) is 0 Å². The first kappa shape index (κ1) is 24.7. The van der Waals surface area contributed by atoms with Crippen molar-refractivity contribution in [1.82, 2.24) is 0 Å². The molecule has 0 amide bonds. The molecule has 0 saturated carbocycles. The average molecular weight is 487 g/mol. The Balaban J connectivity index is 1.52. The molecule has 178 valence electrons. The molecule has 0 fully saturated rings. The molecule has 4 rings (SSSR count). The van der Waals surface area contributed by atoms with E-state index >= 15 is 0 Å². The second-order valence-corrected chi connectivity index (χ2v) is 8.45. The lowest BCUT2D eigenvalue weighted by molar-refractivity contribution is 0.0889. The first-order chi connectivity index (χ1) is 17.2. The fourth-order valence-corrected chi connectivity index (χ4v) is 4.17. The van der Waals surface area contributed by atoms with Gasteiger partial charge in [0, 0.05) is 5.88 Å². The molecule has 0 unspecified atom stereocenters. The maximum atomic E-state index is 13.7. The van der Waals surface area contributed by atoms with Gasteiger partial charge in [0.1, 0.15) is 18.2 Å². The highest BCUT2D eigenvalue weighted by Gasteiger charge is 2.14. The standard InChI is InChI=1S/C31H28ClFO2/c32-20-19-30(25-9-5-2-6-10-25)31(26-11-15-28(33)16-12-26)27-13-17-29(18-14-27)35-22-21-34-23-24-7-3-1-4-8-24/h1-18H,19-23H2. The highest BCUT2D eigenvalue weighted by molar-refractivity contribution is 6.18. The van der Waals surface area contributed by atoms with Gasteiger partial charge in [0.15, 0.2) is 0 Å². The van der Waals surface area contributed by atoms with Gasteiger partial charge < -0.3 is 9.47 Å². The van der Waals surface area contributed by atoms with Crippen molar-refractivity contribution < 1.29 is 13.9 Å². The molecule has 4 heteroatoms. The van der Waals surface area contributed by atoms with E-state index in [1.165, 1.54) is 12.1 Å². The van der Waals surface area contributed by atoms with Crippen LogP contribution < -0.4 is 4.74 Å². The van der Waals surface area contributed by atoms with Crippen LogP contribution in [0.15, 0.2) is 109 Å². The lowest BCUT2D eigenvalue weighted by Crippen LogP contribution is -2.06. The number of allylic oxidation sites excluding steroid dienone is 1. The zero-order valence-corrected chi connectivity index (χ0v) is 20.3. The van der Waals surface area contributed by atoms with Gasteiger partial charge in [0.2, 0.25) is 0 Å². The molecule has 2 nitrogen and oxygen atoms in total. The summed E-state index contributed by atoms with van der Waals surface area (Å²) in [4.78, 5) is 0. The van der Waals surface area contributed by atoms with E-state index in [0.717, 1.165) is 39.1 Å². The normalized spacial score (nSPS) is 11.7. The third-order valence-electron chi connectivity index (χ3n) is 5.65. The molecule has 0 radical (unpaired) electrons. The van der Waals surface area contributed by atoms with Crippen LogP contribution in [0.5, 0.6) is 5.75 Å². The summed E-state index contributed by atoms with van der Waals surface area (Å²) in [6.45, 7) is 1.54. The quantitative estimate of drug-likeness (QED) is 0.121. The molecule has 0 aliphatic heterocycles. The zero-order valence-electron chi connectivity index (χ0n) is 19.5. The Hall–Kier alpha value is -3.40. The molecule has 0 aromatic heterocycles. The highest BCUT2D eigenvalue weighted by Crippen LogP contribution is 2.35.